The quantitative estimate of drug-likeness (QED) is 0.573. The molecule has 0 saturated carbocycles. The Morgan fingerprint density at radius 1 is 0.857 bits per heavy atom. The molecule has 3 aromatic rings. The highest BCUT2D eigenvalue weighted by Gasteiger charge is 2.10. The van der Waals surface area contributed by atoms with Gasteiger partial charge in [0.15, 0.2) is 11.5 Å². The maximum Gasteiger partial charge on any atom is 0.229 e. The predicted molar refractivity (Wildman–Crippen MR) is 113 cm³/mol. The number of hydrogen-bond acceptors (Lipinski definition) is 6. The second-order valence-electron chi connectivity index (χ2n) is 6.78. The van der Waals surface area contributed by atoms with Crippen LogP contribution in [0.25, 0.3) is 0 Å². The van der Waals surface area contributed by atoms with E-state index in [1.165, 1.54) is 5.56 Å². The van der Waals surface area contributed by atoms with E-state index in [0.717, 1.165) is 22.9 Å². The Labute approximate surface area is 166 Å². The number of para-hydroxylation sites is 1. The average Bonchev–Trinajstić information content (AvgIpc) is 2.67. The van der Waals surface area contributed by atoms with Crippen molar-refractivity contribution in [2.45, 2.75) is 26.7 Å². The van der Waals surface area contributed by atoms with Crippen molar-refractivity contribution in [3.63, 3.8) is 0 Å². The van der Waals surface area contributed by atoms with Gasteiger partial charge in [0.05, 0.1) is 14.2 Å². The molecule has 2 N–H and O–H groups in total. The first-order chi connectivity index (χ1) is 13.5. The summed E-state index contributed by atoms with van der Waals surface area (Å²) >= 11 is 0. The highest BCUT2D eigenvalue weighted by atomic mass is 16.5. The molecule has 3 rings (SSSR count). The van der Waals surface area contributed by atoms with E-state index in [1.54, 1.807) is 14.2 Å². The molecule has 2 aromatic carbocycles. The molecule has 6 nitrogen and oxygen atoms in total. The van der Waals surface area contributed by atoms with Crippen LogP contribution in [0.15, 0.2) is 48.5 Å². The summed E-state index contributed by atoms with van der Waals surface area (Å²) in [4.78, 5) is 9.11. The molecule has 0 saturated heterocycles. The predicted octanol–water partition coefficient (Wildman–Crippen LogP) is 5.41. The van der Waals surface area contributed by atoms with Crippen LogP contribution in [0.2, 0.25) is 0 Å². The third-order valence-electron chi connectivity index (χ3n) is 4.34. The molecule has 0 aliphatic carbocycles. The van der Waals surface area contributed by atoms with Gasteiger partial charge in [0, 0.05) is 29.2 Å². The Bertz CT molecular complexity index is 957. The van der Waals surface area contributed by atoms with E-state index in [-0.39, 0.29) is 0 Å². The van der Waals surface area contributed by atoms with Crippen molar-refractivity contribution in [2.75, 3.05) is 24.9 Å². The molecular formula is C22H26N4O2. The van der Waals surface area contributed by atoms with Gasteiger partial charge in [-0.25, -0.2) is 4.98 Å². The highest BCUT2D eigenvalue weighted by molar-refractivity contribution is 5.64. The van der Waals surface area contributed by atoms with Crippen LogP contribution in [0, 0.1) is 6.92 Å². The van der Waals surface area contributed by atoms with Gasteiger partial charge in [-0.1, -0.05) is 32.0 Å². The molecule has 0 radical (unpaired) electrons. The van der Waals surface area contributed by atoms with Crippen molar-refractivity contribution in [2.24, 2.45) is 0 Å². The standard InChI is InChI=1S/C22H26N4O2/c1-14(2)17-8-6-7-9-18(17)25-21-12-15(3)23-22(26-21)24-16-10-11-19(27-4)20(13-16)28-5/h6-14H,1-5H3,(H2,23,24,25,26). The fourth-order valence-electron chi connectivity index (χ4n) is 2.98. The Kier molecular flexibility index (Phi) is 5.99. The number of aryl methyl sites for hydroxylation is 1. The maximum absolute atomic E-state index is 5.36. The van der Waals surface area contributed by atoms with Crippen LogP contribution in [0.4, 0.5) is 23.1 Å². The van der Waals surface area contributed by atoms with Gasteiger partial charge >= 0.3 is 0 Å². The molecule has 0 spiro atoms. The van der Waals surface area contributed by atoms with E-state index in [2.05, 4.69) is 52.6 Å². The molecule has 146 valence electrons. The number of methoxy groups -OCH3 is 2. The molecule has 0 amide bonds. The molecule has 0 aliphatic heterocycles. The van der Waals surface area contributed by atoms with E-state index in [9.17, 15) is 0 Å². The highest BCUT2D eigenvalue weighted by Crippen LogP contribution is 2.31. The molecular weight excluding hydrogens is 352 g/mol. The number of anilines is 4. The van der Waals surface area contributed by atoms with E-state index in [4.69, 9.17) is 9.47 Å². The van der Waals surface area contributed by atoms with Gasteiger partial charge in [0.1, 0.15) is 5.82 Å². The molecule has 0 atom stereocenters. The molecule has 0 unspecified atom stereocenters. The molecule has 6 heteroatoms. The van der Waals surface area contributed by atoms with E-state index < -0.39 is 0 Å². The van der Waals surface area contributed by atoms with Crippen LogP contribution in [-0.2, 0) is 0 Å². The Morgan fingerprint density at radius 2 is 1.61 bits per heavy atom. The van der Waals surface area contributed by atoms with Gasteiger partial charge in [-0.3, -0.25) is 0 Å². The van der Waals surface area contributed by atoms with Gasteiger partial charge in [-0.15, -0.1) is 0 Å². The molecule has 1 aromatic heterocycles. The van der Waals surface area contributed by atoms with E-state index in [0.29, 0.717) is 23.4 Å². The second-order valence-corrected chi connectivity index (χ2v) is 6.78. The summed E-state index contributed by atoms with van der Waals surface area (Å²) in [6.07, 6.45) is 0. The van der Waals surface area contributed by atoms with Gasteiger partial charge in [-0.05, 0) is 36.6 Å². The van der Waals surface area contributed by atoms with Crippen molar-refractivity contribution in [1.29, 1.82) is 0 Å². The van der Waals surface area contributed by atoms with Crippen molar-refractivity contribution in [3.05, 3.63) is 59.8 Å². The van der Waals surface area contributed by atoms with Crippen molar-refractivity contribution in [3.8, 4) is 11.5 Å². The summed E-state index contributed by atoms with van der Waals surface area (Å²) in [7, 11) is 3.22. The minimum atomic E-state index is 0.413. The van der Waals surface area contributed by atoms with Gasteiger partial charge in [0.25, 0.3) is 0 Å². The van der Waals surface area contributed by atoms with Crippen molar-refractivity contribution < 1.29 is 9.47 Å². The first-order valence-corrected chi connectivity index (χ1v) is 9.21. The number of rotatable bonds is 7. The Hall–Kier alpha value is -3.28. The lowest BCUT2D eigenvalue weighted by Crippen LogP contribution is -2.04. The lowest BCUT2D eigenvalue weighted by atomic mass is 10.0. The lowest BCUT2D eigenvalue weighted by Gasteiger charge is -2.15. The summed E-state index contributed by atoms with van der Waals surface area (Å²) in [6, 6.07) is 15.8. The normalized spacial score (nSPS) is 10.6. The van der Waals surface area contributed by atoms with Gasteiger partial charge in [-0.2, -0.15) is 4.98 Å². The zero-order valence-corrected chi connectivity index (χ0v) is 16.9. The molecule has 1 heterocycles. The topological polar surface area (TPSA) is 68.3 Å². The summed E-state index contributed by atoms with van der Waals surface area (Å²) in [5.74, 6) is 2.98. The van der Waals surface area contributed by atoms with Gasteiger partial charge in [0.2, 0.25) is 5.95 Å². The monoisotopic (exact) mass is 378 g/mol. The largest absolute Gasteiger partial charge is 0.493 e. The smallest absolute Gasteiger partial charge is 0.229 e. The summed E-state index contributed by atoms with van der Waals surface area (Å²) in [5, 5.41) is 6.66. The average molecular weight is 378 g/mol. The number of ether oxygens (including phenoxy) is 2. The summed E-state index contributed by atoms with van der Waals surface area (Å²) in [5.41, 5.74) is 3.97. The molecule has 28 heavy (non-hydrogen) atoms. The zero-order valence-electron chi connectivity index (χ0n) is 16.9. The van der Waals surface area contributed by atoms with Crippen LogP contribution >= 0.6 is 0 Å². The fourth-order valence-corrected chi connectivity index (χ4v) is 2.98. The fraction of sp³-hybridized carbons (Fsp3) is 0.273. The molecule has 0 bridgehead atoms. The first kappa shape index (κ1) is 19.5. The van der Waals surface area contributed by atoms with Crippen molar-refractivity contribution in [1.82, 2.24) is 9.97 Å². The summed E-state index contributed by atoms with van der Waals surface area (Å²) in [6.45, 7) is 6.30. The Morgan fingerprint density at radius 3 is 2.32 bits per heavy atom. The van der Waals surface area contributed by atoms with Gasteiger partial charge < -0.3 is 20.1 Å². The third-order valence-corrected chi connectivity index (χ3v) is 4.34. The van der Waals surface area contributed by atoms with Crippen LogP contribution in [-0.4, -0.2) is 24.2 Å². The Balaban J connectivity index is 1.86. The zero-order chi connectivity index (χ0) is 20.1. The lowest BCUT2D eigenvalue weighted by molar-refractivity contribution is 0.355. The first-order valence-electron chi connectivity index (χ1n) is 9.21. The third kappa shape index (κ3) is 4.52. The second kappa shape index (κ2) is 8.61. The van der Waals surface area contributed by atoms with Crippen LogP contribution in [0.5, 0.6) is 11.5 Å². The number of benzene rings is 2. The van der Waals surface area contributed by atoms with Crippen LogP contribution < -0.4 is 20.1 Å². The molecule has 0 aliphatic rings. The molecule has 0 fully saturated rings. The number of nitrogens with zero attached hydrogens (tertiary/aromatic N) is 2. The minimum Gasteiger partial charge on any atom is -0.493 e. The number of nitrogens with one attached hydrogen (secondary N) is 2. The number of aromatic nitrogens is 2. The number of hydrogen-bond donors (Lipinski definition) is 2. The summed E-state index contributed by atoms with van der Waals surface area (Å²) < 4.78 is 10.6. The minimum absolute atomic E-state index is 0.413. The SMILES string of the molecule is COc1ccc(Nc2nc(C)cc(Nc3ccccc3C(C)C)n2)cc1OC. The maximum atomic E-state index is 5.36. The van der Waals surface area contributed by atoms with E-state index >= 15 is 0 Å². The van der Waals surface area contributed by atoms with Crippen LogP contribution in [0.3, 0.4) is 0 Å². The van der Waals surface area contributed by atoms with Crippen LogP contribution in [0.1, 0.15) is 31.0 Å². The van der Waals surface area contributed by atoms with E-state index in [1.807, 2.05) is 37.3 Å². The van der Waals surface area contributed by atoms with Crippen molar-refractivity contribution >= 4 is 23.1 Å².